The molecule has 0 atom stereocenters. The minimum Gasteiger partial charge on any atom is -0.456 e. The van der Waals surface area contributed by atoms with Crippen LogP contribution in [-0.4, -0.2) is 52.8 Å². The van der Waals surface area contributed by atoms with E-state index in [9.17, 15) is 9.59 Å². The molecule has 1 fully saturated rings. The van der Waals surface area contributed by atoms with Crippen LogP contribution in [0.5, 0.6) is 11.5 Å². The molecule has 6 nitrogen and oxygen atoms in total. The maximum Gasteiger partial charge on any atom is 0.253 e. The van der Waals surface area contributed by atoms with E-state index in [1.807, 2.05) is 35.2 Å². The lowest BCUT2D eigenvalue weighted by atomic mass is 10.0. The van der Waals surface area contributed by atoms with Gasteiger partial charge in [-0.1, -0.05) is 26.0 Å². The molecule has 2 heterocycles. The van der Waals surface area contributed by atoms with E-state index in [1.54, 1.807) is 47.6 Å². The van der Waals surface area contributed by atoms with Crippen molar-refractivity contribution in [2.24, 2.45) is 0 Å². The monoisotopic (exact) mass is 429 g/mol. The highest BCUT2D eigenvalue weighted by molar-refractivity contribution is 5.96. The van der Waals surface area contributed by atoms with Gasteiger partial charge in [0.05, 0.1) is 6.20 Å². The summed E-state index contributed by atoms with van der Waals surface area (Å²) in [5.41, 5.74) is 2.51. The molecule has 1 aromatic heterocycles. The Morgan fingerprint density at radius 1 is 0.781 bits per heavy atom. The molecule has 0 N–H and O–H groups in total. The van der Waals surface area contributed by atoms with Gasteiger partial charge >= 0.3 is 0 Å². The van der Waals surface area contributed by atoms with E-state index in [0.29, 0.717) is 54.7 Å². The topological polar surface area (TPSA) is 62.7 Å². The van der Waals surface area contributed by atoms with E-state index < -0.39 is 0 Å². The highest BCUT2D eigenvalue weighted by atomic mass is 16.5. The van der Waals surface area contributed by atoms with E-state index in [4.69, 9.17) is 4.74 Å². The van der Waals surface area contributed by atoms with Gasteiger partial charge in [-0.05, 0) is 60.0 Å². The molecule has 3 aromatic rings. The van der Waals surface area contributed by atoms with Crippen LogP contribution in [0.1, 0.15) is 46.0 Å². The number of piperazine rings is 1. The third-order valence-corrected chi connectivity index (χ3v) is 5.65. The molecular weight excluding hydrogens is 402 g/mol. The molecule has 1 saturated heterocycles. The second-order valence-electron chi connectivity index (χ2n) is 8.18. The summed E-state index contributed by atoms with van der Waals surface area (Å²) in [6, 6.07) is 18.5. The zero-order valence-corrected chi connectivity index (χ0v) is 18.4. The molecule has 1 aliphatic heterocycles. The van der Waals surface area contributed by atoms with Crippen LogP contribution in [0.15, 0.2) is 73.1 Å². The number of ether oxygens (including phenoxy) is 1. The van der Waals surface area contributed by atoms with E-state index in [2.05, 4.69) is 18.8 Å². The van der Waals surface area contributed by atoms with Crippen molar-refractivity contribution in [1.82, 2.24) is 14.8 Å². The zero-order valence-electron chi connectivity index (χ0n) is 18.4. The van der Waals surface area contributed by atoms with Gasteiger partial charge in [0.2, 0.25) is 0 Å². The van der Waals surface area contributed by atoms with Crippen molar-refractivity contribution in [1.29, 1.82) is 0 Å². The summed E-state index contributed by atoms with van der Waals surface area (Å²) in [6.45, 7) is 6.35. The van der Waals surface area contributed by atoms with Crippen LogP contribution in [0.4, 0.5) is 0 Å². The Balaban J connectivity index is 1.32. The molecule has 2 aromatic carbocycles. The fourth-order valence-corrected chi connectivity index (χ4v) is 3.70. The molecular formula is C26H27N3O3. The number of benzene rings is 2. The molecule has 1 aliphatic rings. The number of pyridine rings is 1. The van der Waals surface area contributed by atoms with Crippen molar-refractivity contribution in [3.63, 3.8) is 0 Å². The fraction of sp³-hybridized carbons (Fsp3) is 0.269. The second kappa shape index (κ2) is 9.64. The number of hydrogen-bond acceptors (Lipinski definition) is 4. The van der Waals surface area contributed by atoms with Gasteiger partial charge in [0, 0.05) is 43.5 Å². The van der Waals surface area contributed by atoms with Crippen LogP contribution in [0.25, 0.3) is 0 Å². The van der Waals surface area contributed by atoms with Gasteiger partial charge < -0.3 is 14.5 Å². The number of hydrogen-bond donors (Lipinski definition) is 0. The molecule has 0 saturated carbocycles. The summed E-state index contributed by atoms with van der Waals surface area (Å²) in [6.07, 6.45) is 3.32. The number of amides is 2. The first kappa shape index (κ1) is 21.6. The average Bonchev–Trinajstić information content (AvgIpc) is 2.84. The van der Waals surface area contributed by atoms with Gasteiger partial charge in [-0.25, -0.2) is 0 Å². The summed E-state index contributed by atoms with van der Waals surface area (Å²) in [5.74, 6) is 1.71. The Kier molecular flexibility index (Phi) is 6.50. The SMILES string of the molecule is CC(C)c1ccc(C(=O)N2CCN(C(=O)c3ccc(Oc4cccnc4)cc3)CC2)cc1. The standard InChI is InChI=1S/C26H27N3O3/c1-19(2)20-5-7-21(8-6-20)25(30)28-14-16-29(17-15-28)26(31)22-9-11-23(12-10-22)32-24-4-3-13-27-18-24/h3-13,18-19H,14-17H2,1-2H3. The van der Waals surface area contributed by atoms with Gasteiger partial charge in [-0.2, -0.15) is 0 Å². The third kappa shape index (κ3) is 4.97. The van der Waals surface area contributed by atoms with Gasteiger partial charge in [-0.3, -0.25) is 14.6 Å². The van der Waals surface area contributed by atoms with Crippen molar-refractivity contribution >= 4 is 11.8 Å². The molecule has 0 bridgehead atoms. The van der Waals surface area contributed by atoms with Gasteiger partial charge in [0.1, 0.15) is 11.5 Å². The molecule has 0 radical (unpaired) electrons. The number of carbonyl (C=O) groups excluding carboxylic acids is 2. The van der Waals surface area contributed by atoms with Crippen LogP contribution < -0.4 is 4.74 Å². The highest BCUT2D eigenvalue weighted by Gasteiger charge is 2.25. The first-order valence-corrected chi connectivity index (χ1v) is 10.9. The normalized spacial score (nSPS) is 13.8. The van der Waals surface area contributed by atoms with E-state index in [1.165, 1.54) is 5.56 Å². The maximum atomic E-state index is 12.9. The third-order valence-electron chi connectivity index (χ3n) is 5.65. The lowest BCUT2D eigenvalue weighted by Crippen LogP contribution is -2.50. The Morgan fingerprint density at radius 3 is 1.78 bits per heavy atom. The maximum absolute atomic E-state index is 12.9. The average molecular weight is 430 g/mol. The minimum absolute atomic E-state index is 0.0179. The predicted octanol–water partition coefficient (Wildman–Crippen LogP) is 4.60. The van der Waals surface area contributed by atoms with Gasteiger partial charge in [0.15, 0.2) is 0 Å². The molecule has 4 rings (SSSR count). The Bertz CT molecular complexity index is 1060. The first-order valence-electron chi connectivity index (χ1n) is 10.9. The van der Waals surface area contributed by atoms with Crippen LogP contribution >= 0.6 is 0 Å². The summed E-state index contributed by atoms with van der Waals surface area (Å²) in [5, 5.41) is 0. The van der Waals surface area contributed by atoms with Crippen molar-refractivity contribution in [2.75, 3.05) is 26.2 Å². The van der Waals surface area contributed by atoms with Gasteiger partial charge in [-0.15, -0.1) is 0 Å². The molecule has 2 amide bonds. The Morgan fingerprint density at radius 2 is 1.31 bits per heavy atom. The summed E-state index contributed by atoms with van der Waals surface area (Å²) in [7, 11) is 0. The van der Waals surface area contributed by atoms with Crippen molar-refractivity contribution in [2.45, 2.75) is 19.8 Å². The fourth-order valence-electron chi connectivity index (χ4n) is 3.70. The van der Waals surface area contributed by atoms with E-state index in [0.717, 1.165) is 0 Å². The van der Waals surface area contributed by atoms with Crippen molar-refractivity contribution in [3.8, 4) is 11.5 Å². The number of nitrogens with zero attached hydrogens (tertiary/aromatic N) is 3. The van der Waals surface area contributed by atoms with Crippen molar-refractivity contribution < 1.29 is 14.3 Å². The predicted molar refractivity (Wildman–Crippen MR) is 123 cm³/mol. The molecule has 0 unspecified atom stereocenters. The van der Waals surface area contributed by atoms with Crippen LogP contribution in [0.2, 0.25) is 0 Å². The van der Waals surface area contributed by atoms with E-state index >= 15 is 0 Å². The quantitative estimate of drug-likeness (QED) is 0.595. The number of rotatable bonds is 5. The number of carbonyl (C=O) groups is 2. The molecule has 6 heteroatoms. The number of aromatic nitrogens is 1. The van der Waals surface area contributed by atoms with Gasteiger partial charge in [0.25, 0.3) is 11.8 Å². The lowest BCUT2D eigenvalue weighted by Gasteiger charge is -2.35. The first-order chi connectivity index (χ1) is 15.5. The molecule has 32 heavy (non-hydrogen) atoms. The van der Waals surface area contributed by atoms with Crippen LogP contribution in [-0.2, 0) is 0 Å². The smallest absolute Gasteiger partial charge is 0.253 e. The minimum atomic E-state index is -0.0358. The van der Waals surface area contributed by atoms with Crippen molar-refractivity contribution in [3.05, 3.63) is 89.7 Å². The second-order valence-corrected chi connectivity index (χ2v) is 8.18. The Hall–Kier alpha value is -3.67. The summed E-state index contributed by atoms with van der Waals surface area (Å²) >= 11 is 0. The zero-order chi connectivity index (χ0) is 22.5. The summed E-state index contributed by atoms with van der Waals surface area (Å²) < 4.78 is 5.73. The van der Waals surface area contributed by atoms with E-state index in [-0.39, 0.29) is 11.8 Å². The van der Waals surface area contributed by atoms with Crippen LogP contribution in [0, 0.1) is 0 Å². The van der Waals surface area contributed by atoms with Crippen LogP contribution in [0.3, 0.4) is 0 Å². The summed E-state index contributed by atoms with van der Waals surface area (Å²) in [4.78, 5) is 33.3. The Labute approximate surface area is 188 Å². The molecule has 164 valence electrons. The largest absolute Gasteiger partial charge is 0.456 e. The lowest BCUT2D eigenvalue weighted by molar-refractivity contribution is 0.0535. The highest BCUT2D eigenvalue weighted by Crippen LogP contribution is 2.21. The molecule has 0 aliphatic carbocycles. The molecule has 0 spiro atoms.